The zero-order valence-electron chi connectivity index (χ0n) is 12.1. The average molecular weight is 311 g/mol. The Labute approximate surface area is 125 Å². The van der Waals surface area contributed by atoms with Crippen molar-refractivity contribution in [2.24, 2.45) is 5.73 Å². The molecule has 1 aliphatic heterocycles. The normalized spacial score (nSPS) is 18.8. The second-order valence-electron chi connectivity index (χ2n) is 5.30. The number of nitrogens with two attached hydrogens (primary N) is 1. The summed E-state index contributed by atoms with van der Waals surface area (Å²) in [6.45, 7) is 2.99. The second-order valence-corrected chi connectivity index (χ2v) is 7.14. The van der Waals surface area contributed by atoms with Crippen LogP contribution in [0, 0.1) is 0 Å². The van der Waals surface area contributed by atoms with Gasteiger partial charge in [0.15, 0.2) is 0 Å². The quantitative estimate of drug-likeness (QED) is 0.849. The van der Waals surface area contributed by atoms with Gasteiger partial charge in [0.25, 0.3) is 5.91 Å². The van der Waals surface area contributed by atoms with E-state index in [1.165, 1.54) is 0 Å². The predicted octanol–water partition coefficient (Wildman–Crippen LogP) is 1.01. The summed E-state index contributed by atoms with van der Waals surface area (Å²) in [6, 6.07) is 6.59. The lowest BCUT2D eigenvalue weighted by Gasteiger charge is -2.16. The van der Waals surface area contributed by atoms with Crippen molar-refractivity contribution in [1.29, 1.82) is 0 Å². The molecule has 2 rings (SSSR count). The SMILES string of the molecule is CCCS(=O)(=O)Nc1cccc(C(=O)N2CC[C@@H](N)C2)c1. The maximum Gasteiger partial charge on any atom is 0.253 e. The van der Waals surface area contributed by atoms with Gasteiger partial charge >= 0.3 is 0 Å². The van der Waals surface area contributed by atoms with Gasteiger partial charge in [-0.05, 0) is 31.0 Å². The Hall–Kier alpha value is -1.60. The highest BCUT2D eigenvalue weighted by Gasteiger charge is 2.24. The molecule has 7 heteroatoms. The molecule has 21 heavy (non-hydrogen) atoms. The van der Waals surface area contributed by atoms with Crippen LogP contribution in [0.25, 0.3) is 0 Å². The van der Waals surface area contributed by atoms with E-state index in [2.05, 4.69) is 4.72 Å². The lowest BCUT2D eigenvalue weighted by Crippen LogP contribution is -2.31. The Kier molecular flexibility index (Phi) is 4.84. The lowest BCUT2D eigenvalue weighted by atomic mass is 10.2. The lowest BCUT2D eigenvalue weighted by molar-refractivity contribution is 0.0791. The third-order valence-corrected chi connectivity index (χ3v) is 4.86. The summed E-state index contributed by atoms with van der Waals surface area (Å²) >= 11 is 0. The average Bonchev–Trinajstić information content (AvgIpc) is 2.84. The Morgan fingerprint density at radius 2 is 2.24 bits per heavy atom. The molecule has 0 bridgehead atoms. The zero-order valence-corrected chi connectivity index (χ0v) is 12.9. The molecule has 3 N–H and O–H groups in total. The van der Waals surface area contributed by atoms with Crippen molar-refractivity contribution in [2.45, 2.75) is 25.8 Å². The molecule has 0 aromatic heterocycles. The summed E-state index contributed by atoms with van der Waals surface area (Å²) in [4.78, 5) is 14.0. The van der Waals surface area contributed by atoms with Crippen molar-refractivity contribution in [3.8, 4) is 0 Å². The first kappa shape index (κ1) is 15.8. The van der Waals surface area contributed by atoms with Crippen LogP contribution in [0.3, 0.4) is 0 Å². The van der Waals surface area contributed by atoms with Crippen molar-refractivity contribution in [2.75, 3.05) is 23.6 Å². The van der Waals surface area contributed by atoms with Gasteiger partial charge in [0, 0.05) is 30.4 Å². The zero-order chi connectivity index (χ0) is 15.5. The van der Waals surface area contributed by atoms with E-state index < -0.39 is 10.0 Å². The van der Waals surface area contributed by atoms with Crippen LogP contribution in [0.15, 0.2) is 24.3 Å². The van der Waals surface area contributed by atoms with E-state index in [-0.39, 0.29) is 17.7 Å². The van der Waals surface area contributed by atoms with Gasteiger partial charge in [-0.2, -0.15) is 0 Å². The number of carbonyl (C=O) groups is 1. The summed E-state index contributed by atoms with van der Waals surface area (Å²) in [5, 5.41) is 0. The van der Waals surface area contributed by atoms with Gasteiger partial charge in [-0.1, -0.05) is 13.0 Å². The molecule has 1 amide bonds. The summed E-state index contributed by atoms with van der Waals surface area (Å²) in [6.07, 6.45) is 1.34. The maximum atomic E-state index is 12.3. The number of amides is 1. The van der Waals surface area contributed by atoms with Crippen molar-refractivity contribution in [3.63, 3.8) is 0 Å². The largest absolute Gasteiger partial charge is 0.337 e. The van der Waals surface area contributed by atoms with Crippen LogP contribution in [0.2, 0.25) is 0 Å². The molecule has 1 saturated heterocycles. The van der Waals surface area contributed by atoms with Gasteiger partial charge in [0.2, 0.25) is 10.0 Å². The van der Waals surface area contributed by atoms with Crippen LogP contribution in [0.4, 0.5) is 5.69 Å². The van der Waals surface area contributed by atoms with Crippen LogP contribution in [0.1, 0.15) is 30.1 Å². The molecule has 6 nitrogen and oxygen atoms in total. The topological polar surface area (TPSA) is 92.5 Å². The van der Waals surface area contributed by atoms with Crippen molar-refractivity contribution < 1.29 is 13.2 Å². The number of sulfonamides is 1. The van der Waals surface area contributed by atoms with Crippen LogP contribution in [-0.2, 0) is 10.0 Å². The number of carbonyl (C=O) groups excluding carboxylic acids is 1. The Balaban J connectivity index is 2.12. The van der Waals surface area contributed by atoms with Gasteiger partial charge in [-0.25, -0.2) is 8.42 Å². The fourth-order valence-electron chi connectivity index (χ4n) is 2.37. The molecular formula is C14H21N3O3S. The van der Waals surface area contributed by atoms with Crippen LogP contribution in [-0.4, -0.2) is 44.1 Å². The number of benzene rings is 1. The Bertz CT molecular complexity index is 616. The molecule has 0 unspecified atom stereocenters. The first-order valence-electron chi connectivity index (χ1n) is 7.06. The first-order valence-corrected chi connectivity index (χ1v) is 8.72. The Morgan fingerprint density at radius 3 is 2.86 bits per heavy atom. The minimum atomic E-state index is -3.35. The van der Waals surface area contributed by atoms with E-state index in [9.17, 15) is 13.2 Å². The molecule has 0 radical (unpaired) electrons. The molecule has 0 aliphatic carbocycles. The smallest absolute Gasteiger partial charge is 0.253 e. The summed E-state index contributed by atoms with van der Waals surface area (Å²) in [5.41, 5.74) is 6.69. The number of nitrogens with zero attached hydrogens (tertiary/aromatic N) is 1. The van der Waals surface area contributed by atoms with Gasteiger partial charge in [0.1, 0.15) is 0 Å². The van der Waals surface area contributed by atoms with Gasteiger partial charge < -0.3 is 10.6 Å². The maximum absolute atomic E-state index is 12.3. The number of rotatable bonds is 5. The third kappa shape index (κ3) is 4.18. The summed E-state index contributed by atoms with van der Waals surface area (Å²) in [7, 11) is -3.35. The monoisotopic (exact) mass is 311 g/mol. The number of likely N-dealkylation sites (tertiary alicyclic amines) is 1. The molecular weight excluding hydrogens is 290 g/mol. The van der Waals surface area contributed by atoms with Crippen molar-refractivity contribution in [3.05, 3.63) is 29.8 Å². The van der Waals surface area contributed by atoms with Crippen molar-refractivity contribution >= 4 is 21.6 Å². The van der Waals surface area contributed by atoms with E-state index in [0.29, 0.717) is 30.8 Å². The molecule has 1 heterocycles. The van der Waals surface area contributed by atoms with Gasteiger partial charge in [0.05, 0.1) is 5.75 Å². The van der Waals surface area contributed by atoms with E-state index in [1.807, 2.05) is 0 Å². The fraction of sp³-hybridized carbons (Fsp3) is 0.500. The Morgan fingerprint density at radius 1 is 1.48 bits per heavy atom. The number of hydrogen-bond acceptors (Lipinski definition) is 4. The number of hydrogen-bond donors (Lipinski definition) is 2. The van der Waals surface area contributed by atoms with E-state index in [4.69, 9.17) is 5.73 Å². The minimum absolute atomic E-state index is 0.0280. The van der Waals surface area contributed by atoms with Crippen LogP contribution < -0.4 is 10.5 Å². The van der Waals surface area contributed by atoms with Crippen LogP contribution >= 0.6 is 0 Å². The number of nitrogens with one attached hydrogen (secondary N) is 1. The second kappa shape index (κ2) is 6.44. The molecule has 0 saturated carbocycles. The van der Waals surface area contributed by atoms with Crippen LogP contribution in [0.5, 0.6) is 0 Å². The molecule has 1 aromatic rings. The predicted molar refractivity (Wildman–Crippen MR) is 82.6 cm³/mol. The fourth-order valence-corrected chi connectivity index (χ4v) is 3.49. The molecule has 0 spiro atoms. The highest BCUT2D eigenvalue weighted by atomic mass is 32.2. The van der Waals surface area contributed by atoms with E-state index in [1.54, 1.807) is 36.1 Å². The van der Waals surface area contributed by atoms with Gasteiger partial charge in [-0.3, -0.25) is 9.52 Å². The van der Waals surface area contributed by atoms with Gasteiger partial charge in [-0.15, -0.1) is 0 Å². The molecule has 1 aliphatic rings. The standard InChI is InChI=1S/C14H21N3O3S/c1-2-8-21(19,20)16-13-5-3-4-11(9-13)14(18)17-7-6-12(15)10-17/h3-5,9,12,16H,2,6-8,10,15H2,1H3/t12-/m1/s1. The molecule has 1 atom stereocenters. The minimum Gasteiger partial charge on any atom is -0.337 e. The summed E-state index contributed by atoms with van der Waals surface area (Å²) < 4.78 is 26.0. The highest BCUT2D eigenvalue weighted by molar-refractivity contribution is 7.92. The van der Waals surface area contributed by atoms with E-state index >= 15 is 0 Å². The first-order chi connectivity index (χ1) is 9.91. The molecule has 1 aromatic carbocycles. The van der Waals surface area contributed by atoms with Crippen molar-refractivity contribution in [1.82, 2.24) is 4.90 Å². The third-order valence-electron chi connectivity index (χ3n) is 3.37. The summed E-state index contributed by atoms with van der Waals surface area (Å²) in [5.74, 6) is -0.0499. The highest BCUT2D eigenvalue weighted by Crippen LogP contribution is 2.17. The number of anilines is 1. The van der Waals surface area contributed by atoms with E-state index in [0.717, 1.165) is 6.42 Å². The molecule has 116 valence electrons. The molecule has 1 fully saturated rings.